The number of ether oxygens (including phenoxy) is 1. The SMILES string of the molecule is COCC1(CNS(=O)(=O)c2cc(Cl)cc(C(F)(F)F)c2)CCCN1.Cl. The predicted molar refractivity (Wildman–Crippen MR) is 90.7 cm³/mol. The first-order valence-corrected chi connectivity index (χ1v) is 9.06. The van der Waals surface area contributed by atoms with Crippen molar-refractivity contribution < 1.29 is 26.3 Å². The van der Waals surface area contributed by atoms with E-state index in [0.717, 1.165) is 19.0 Å². The molecule has 0 amide bonds. The zero-order valence-corrected chi connectivity index (χ0v) is 15.7. The standard InChI is InChI=1S/C14H18ClF3N2O3S.ClH/c1-23-9-13(3-2-4-19-13)8-20-24(21,22)12-6-10(14(16,17)18)5-11(15)7-12;/h5-7,19-20H,2-4,8-9H2,1H3;1H. The van der Waals surface area contributed by atoms with Crippen LogP contribution in [0.25, 0.3) is 0 Å². The summed E-state index contributed by atoms with van der Waals surface area (Å²) in [5.41, 5.74) is -1.67. The van der Waals surface area contributed by atoms with Crippen molar-refractivity contribution in [3.63, 3.8) is 0 Å². The normalized spacial score (nSPS) is 21.2. The van der Waals surface area contributed by atoms with Crippen LogP contribution in [-0.2, 0) is 20.9 Å². The molecule has 1 atom stereocenters. The van der Waals surface area contributed by atoms with Crippen LogP contribution in [0.2, 0.25) is 5.02 Å². The Labute approximate surface area is 155 Å². The van der Waals surface area contributed by atoms with Crippen LogP contribution in [0.5, 0.6) is 0 Å². The van der Waals surface area contributed by atoms with E-state index in [-0.39, 0.29) is 24.0 Å². The molecule has 5 nitrogen and oxygen atoms in total. The van der Waals surface area contributed by atoms with Crippen LogP contribution in [-0.4, -0.2) is 40.8 Å². The van der Waals surface area contributed by atoms with Gasteiger partial charge in [0.15, 0.2) is 0 Å². The fraction of sp³-hybridized carbons (Fsp3) is 0.571. The second-order valence-corrected chi connectivity index (χ2v) is 7.94. The van der Waals surface area contributed by atoms with Crippen molar-refractivity contribution in [1.82, 2.24) is 10.0 Å². The Morgan fingerprint density at radius 1 is 1.36 bits per heavy atom. The first kappa shape index (κ1) is 22.5. The number of benzene rings is 1. The highest BCUT2D eigenvalue weighted by Crippen LogP contribution is 2.33. The molecule has 0 radical (unpaired) electrons. The van der Waals surface area contributed by atoms with Gasteiger partial charge in [-0.3, -0.25) is 0 Å². The molecule has 1 aliphatic rings. The van der Waals surface area contributed by atoms with Gasteiger partial charge in [-0.2, -0.15) is 13.2 Å². The second kappa shape index (κ2) is 8.41. The van der Waals surface area contributed by atoms with Crippen LogP contribution in [0.3, 0.4) is 0 Å². The molecule has 2 N–H and O–H groups in total. The topological polar surface area (TPSA) is 67.4 Å². The maximum Gasteiger partial charge on any atom is 0.416 e. The van der Waals surface area contributed by atoms with Gasteiger partial charge in [0, 0.05) is 18.7 Å². The van der Waals surface area contributed by atoms with Crippen LogP contribution in [0.4, 0.5) is 13.2 Å². The lowest BCUT2D eigenvalue weighted by molar-refractivity contribution is -0.137. The van der Waals surface area contributed by atoms with Crippen molar-refractivity contribution in [1.29, 1.82) is 0 Å². The minimum atomic E-state index is -4.68. The first-order chi connectivity index (χ1) is 11.1. The molecule has 1 saturated heterocycles. The molecule has 1 aromatic rings. The zero-order valence-electron chi connectivity index (χ0n) is 13.3. The van der Waals surface area contributed by atoms with E-state index in [9.17, 15) is 21.6 Å². The number of rotatable bonds is 6. The summed E-state index contributed by atoms with van der Waals surface area (Å²) in [5.74, 6) is 0. The summed E-state index contributed by atoms with van der Waals surface area (Å²) in [7, 11) is -2.64. The molecule has 1 aliphatic heterocycles. The smallest absolute Gasteiger partial charge is 0.383 e. The summed E-state index contributed by atoms with van der Waals surface area (Å²) >= 11 is 5.64. The van der Waals surface area contributed by atoms with Gasteiger partial charge in [-0.25, -0.2) is 13.1 Å². The Hall–Kier alpha value is -0.580. The van der Waals surface area contributed by atoms with E-state index in [1.54, 1.807) is 0 Å². The molecule has 1 heterocycles. The Kier molecular flexibility index (Phi) is 7.55. The molecule has 0 spiro atoms. The molecule has 11 heteroatoms. The van der Waals surface area contributed by atoms with Crippen LogP contribution >= 0.6 is 24.0 Å². The zero-order chi connectivity index (χ0) is 18.0. The molecule has 0 saturated carbocycles. The Bertz CT molecular complexity index is 693. The molecular formula is C14H19Cl2F3N2O3S. The average Bonchev–Trinajstić information content (AvgIpc) is 2.93. The predicted octanol–water partition coefficient (Wildman–Crippen LogP) is 2.83. The van der Waals surface area contributed by atoms with Gasteiger partial charge >= 0.3 is 6.18 Å². The van der Waals surface area contributed by atoms with Gasteiger partial charge in [-0.15, -0.1) is 12.4 Å². The monoisotopic (exact) mass is 422 g/mol. The fourth-order valence-corrected chi connectivity index (χ4v) is 4.17. The third-order valence-electron chi connectivity index (χ3n) is 3.86. The van der Waals surface area contributed by atoms with Crippen LogP contribution < -0.4 is 10.0 Å². The molecule has 1 unspecified atom stereocenters. The number of alkyl halides is 3. The number of hydrogen-bond acceptors (Lipinski definition) is 4. The lowest BCUT2D eigenvalue weighted by Crippen LogP contribution is -2.52. The molecule has 0 aromatic heterocycles. The van der Waals surface area contributed by atoms with E-state index in [1.807, 2.05) is 0 Å². The molecule has 0 bridgehead atoms. The lowest BCUT2D eigenvalue weighted by Gasteiger charge is -2.28. The number of sulfonamides is 1. The average molecular weight is 423 g/mol. The van der Waals surface area contributed by atoms with Gasteiger partial charge in [0.05, 0.1) is 22.6 Å². The van der Waals surface area contributed by atoms with E-state index in [2.05, 4.69) is 10.0 Å². The van der Waals surface area contributed by atoms with Crippen molar-refractivity contribution in [2.75, 3.05) is 26.8 Å². The molecule has 0 aliphatic carbocycles. The van der Waals surface area contributed by atoms with Gasteiger partial charge < -0.3 is 10.1 Å². The maximum absolute atomic E-state index is 12.8. The van der Waals surface area contributed by atoms with E-state index < -0.39 is 32.2 Å². The third kappa shape index (κ3) is 5.70. The summed E-state index contributed by atoms with van der Waals surface area (Å²) in [5, 5.41) is 2.89. The summed E-state index contributed by atoms with van der Waals surface area (Å²) in [6.07, 6.45) is -3.12. The van der Waals surface area contributed by atoms with E-state index in [1.165, 1.54) is 7.11 Å². The second-order valence-electron chi connectivity index (χ2n) is 5.74. The Morgan fingerprint density at radius 3 is 2.56 bits per heavy atom. The van der Waals surface area contributed by atoms with Gasteiger partial charge in [0.2, 0.25) is 10.0 Å². The highest BCUT2D eigenvalue weighted by Gasteiger charge is 2.36. The van der Waals surface area contributed by atoms with Crippen molar-refractivity contribution in [2.45, 2.75) is 29.5 Å². The first-order valence-electron chi connectivity index (χ1n) is 7.19. The molecule has 1 aromatic carbocycles. The van der Waals surface area contributed by atoms with Gasteiger partial charge in [-0.05, 0) is 37.6 Å². The van der Waals surface area contributed by atoms with Crippen molar-refractivity contribution >= 4 is 34.0 Å². The van der Waals surface area contributed by atoms with Crippen molar-refractivity contribution in [2.24, 2.45) is 0 Å². The molecular weight excluding hydrogens is 404 g/mol. The molecule has 1 fully saturated rings. The van der Waals surface area contributed by atoms with E-state index >= 15 is 0 Å². The summed E-state index contributed by atoms with van der Waals surface area (Å²) in [6, 6.07) is 2.25. The summed E-state index contributed by atoms with van der Waals surface area (Å²) < 4.78 is 70.7. The Morgan fingerprint density at radius 2 is 2.04 bits per heavy atom. The van der Waals surface area contributed by atoms with E-state index in [0.29, 0.717) is 25.2 Å². The minimum absolute atomic E-state index is 0. The molecule has 25 heavy (non-hydrogen) atoms. The molecule has 144 valence electrons. The lowest BCUT2D eigenvalue weighted by atomic mass is 9.99. The van der Waals surface area contributed by atoms with Crippen molar-refractivity contribution in [3.8, 4) is 0 Å². The number of methoxy groups -OCH3 is 1. The maximum atomic E-state index is 12.8. The Balaban J connectivity index is 0.00000312. The quantitative estimate of drug-likeness (QED) is 0.739. The highest BCUT2D eigenvalue weighted by atomic mass is 35.5. The number of nitrogens with one attached hydrogen (secondary N) is 2. The van der Waals surface area contributed by atoms with Crippen LogP contribution in [0.15, 0.2) is 23.1 Å². The van der Waals surface area contributed by atoms with Gasteiger partial charge in [0.25, 0.3) is 0 Å². The highest BCUT2D eigenvalue weighted by molar-refractivity contribution is 7.89. The summed E-state index contributed by atoms with van der Waals surface area (Å²) in [4.78, 5) is -0.520. The van der Waals surface area contributed by atoms with Crippen LogP contribution in [0, 0.1) is 0 Å². The van der Waals surface area contributed by atoms with Gasteiger partial charge in [-0.1, -0.05) is 11.6 Å². The largest absolute Gasteiger partial charge is 0.416 e. The van der Waals surface area contributed by atoms with Crippen molar-refractivity contribution in [3.05, 3.63) is 28.8 Å². The third-order valence-corrected chi connectivity index (χ3v) is 5.46. The molecule has 2 rings (SSSR count). The van der Waals surface area contributed by atoms with Crippen LogP contribution in [0.1, 0.15) is 18.4 Å². The van der Waals surface area contributed by atoms with E-state index in [4.69, 9.17) is 16.3 Å². The summed E-state index contributed by atoms with van der Waals surface area (Å²) in [6.45, 7) is 1.02. The van der Waals surface area contributed by atoms with Gasteiger partial charge in [0.1, 0.15) is 0 Å². The number of hydrogen-bond donors (Lipinski definition) is 2. The fourth-order valence-electron chi connectivity index (χ4n) is 2.67. The minimum Gasteiger partial charge on any atom is -0.383 e. The number of halogens is 5.